The summed E-state index contributed by atoms with van der Waals surface area (Å²) in [4.78, 5) is 18.9. The minimum absolute atomic E-state index is 0. The molecule has 0 aromatic heterocycles. The first kappa shape index (κ1) is 22.7. The van der Waals surface area contributed by atoms with Gasteiger partial charge in [0.2, 0.25) is 0 Å². The number of hydrogen-bond donors (Lipinski definition) is 2. The Balaban J connectivity index is -0.000000224. The van der Waals surface area contributed by atoms with Crippen LogP contribution in [-0.4, -0.2) is 22.2 Å². The van der Waals surface area contributed by atoms with E-state index in [0.29, 0.717) is 0 Å². The molecule has 0 aromatic rings. The Morgan fingerprint density at radius 2 is 1.47 bits per heavy atom. The Kier molecular flexibility index (Phi) is 25.3. The van der Waals surface area contributed by atoms with Crippen molar-refractivity contribution in [1.82, 2.24) is 0 Å². The topological polar surface area (TPSA) is 74.6 Å². The van der Waals surface area contributed by atoms with Crippen LogP contribution in [0.3, 0.4) is 0 Å². The fourth-order valence-electron chi connectivity index (χ4n) is 1.08. The summed E-state index contributed by atoms with van der Waals surface area (Å²) in [7, 11) is 0. The summed E-state index contributed by atoms with van der Waals surface area (Å²) in [6.45, 7) is 4.39. The summed E-state index contributed by atoms with van der Waals surface area (Å²) >= 11 is 0. The van der Waals surface area contributed by atoms with Crippen molar-refractivity contribution in [2.45, 2.75) is 58.8 Å². The fraction of sp³-hybridized carbons (Fsp3) is 0.750. The van der Waals surface area contributed by atoms with Gasteiger partial charge in [-0.15, -0.1) is 0 Å². The SMILES string of the molecule is C[CH-]CCCCCCC.O=C(O)CC(=O)O.[K+]. The maximum absolute atomic E-state index is 9.43. The Hall–Kier alpha value is 0.576. The summed E-state index contributed by atoms with van der Waals surface area (Å²) in [6.07, 6.45) is 9.80. The maximum atomic E-state index is 9.43. The van der Waals surface area contributed by atoms with Crippen molar-refractivity contribution in [3.63, 3.8) is 0 Å². The number of unbranched alkanes of at least 4 members (excludes halogenated alkanes) is 6. The van der Waals surface area contributed by atoms with Crippen molar-refractivity contribution in [2.24, 2.45) is 0 Å². The van der Waals surface area contributed by atoms with Gasteiger partial charge in [0.15, 0.2) is 0 Å². The van der Waals surface area contributed by atoms with Crippen LogP contribution >= 0.6 is 0 Å². The zero-order valence-electron chi connectivity index (χ0n) is 11.2. The van der Waals surface area contributed by atoms with Crippen molar-refractivity contribution in [1.29, 1.82) is 0 Å². The number of carbonyl (C=O) groups is 2. The van der Waals surface area contributed by atoms with Crippen molar-refractivity contribution in [3.05, 3.63) is 6.42 Å². The van der Waals surface area contributed by atoms with Gasteiger partial charge in [0, 0.05) is 0 Å². The van der Waals surface area contributed by atoms with Crippen LogP contribution in [0.1, 0.15) is 58.8 Å². The van der Waals surface area contributed by atoms with E-state index in [2.05, 4.69) is 20.3 Å². The van der Waals surface area contributed by atoms with Crippen molar-refractivity contribution < 1.29 is 71.2 Å². The molecule has 0 rings (SSSR count). The van der Waals surface area contributed by atoms with Crippen molar-refractivity contribution in [3.8, 4) is 0 Å². The minimum atomic E-state index is -1.31. The third kappa shape index (κ3) is 31.5. The normalized spacial score (nSPS) is 8.59. The van der Waals surface area contributed by atoms with E-state index < -0.39 is 18.4 Å². The van der Waals surface area contributed by atoms with Gasteiger partial charge in [-0.1, -0.05) is 39.0 Å². The third-order valence-corrected chi connectivity index (χ3v) is 1.90. The van der Waals surface area contributed by atoms with Crippen LogP contribution in [0.15, 0.2) is 0 Å². The van der Waals surface area contributed by atoms with E-state index in [9.17, 15) is 9.59 Å². The van der Waals surface area contributed by atoms with Crippen LogP contribution in [0.4, 0.5) is 0 Å². The van der Waals surface area contributed by atoms with E-state index in [1.807, 2.05) is 0 Å². The van der Waals surface area contributed by atoms with Gasteiger partial charge >= 0.3 is 63.3 Å². The predicted octanol–water partition coefficient (Wildman–Crippen LogP) is 0.121. The minimum Gasteiger partial charge on any atom is -0.481 e. The largest absolute Gasteiger partial charge is 1.00 e. The predicted molar refractivity (Wildman–Crippen MR) is 63.2 cm³/mol. The molecular formula is C12H23KO4. The number of rotatable bonds is 8. The third-order valence-electron chi connectivity index (χ3n) is 1.90. The molecule has 0 amide bonds. The molecule has 96 valence electrons. The molecule has 0 spiro atoms. The summed E-state index contributed by atoms with van der Waals surface area (Å²) < 4.78 is 0. The fourth-order valence-corrected chi connectivity index (χ4v) is 1.08. The van der Waals surface area contributed by atoms with Crippen LogP contribution in [0, 0.1) is 6.42 Å². The summed E-state index contributed by atoms with van der Waals surface area (Å²) in [5, 5.41) is 15.4. The number of aliphatic carboxylic acids is 2. The van der Waals surface area contributed by atoms with Gasteiger partial charge in [-0.3, -0.25) is 9.59 Å². The Labute approximate surface area is 147 Å². The second-order valence-corrected chi connectivity index (χ2v) is 3.58. The number of carboxylic acid groups (broad SMARTS) is 2. The molecule has 17 heavy (non-hydrogen) atoms. The summed E-state index contributed by atoms with van der Waals surface area (Å²) in [5.74, 6) is -2.62. The van der Waals surface area contributed by atoms with E-state index >= 15 is 0 Å². The molecule has 0 saturated carbocycles. The Morgan fingerprint density at radius 3 is 1.76 bits per heavy atom. The molecule has 0 radical (unpaired) electrons. The standard InChI is InChI=1S/C9H19.C3H4O4.K/c1-3-5-7-9-8-6-4-2;4-2(5)1-3(6)7;/h3H,4-9H2,1-2H3;1H2,(H,4,5)(H,6,7);/q-1;;+1. The Morgan fingerprint density at radius 1 is 1.00 bits per heavy atom. The molecule has 0 aliphatic heterocycles. The molecule has 0 fully saturated rings. The summed E-state index contributed by atoms with van der Waals surface area (Å²) in [5.41, 5.74) is 0. The molecular weight excluding hydrogens is 247 g/mol. The quantitative estimate of drug-likeness (QED) is 0.284. The zero-order valence-corrected chi connectivity index (χ0v) is 14.4. The molecule has 0 unspecified atom stereocenters. The van der Waals surface area contributed by atoms with Gasteiger partial charge in [0.05, 0.1) is 0 Å². The van der Waals surface area contributed by atoms with Crippen LogP contribution in [-0.2, 0) is 9.59 Å². The van der Waals surface area contributed by atoms with Gasteiger partial charge in [0.1, 0.15) is 6.42 Å². The monoisotopic (exact) mass is 270 g/mol. The Bertz CT molecular complexity index is 165. The molecule has 0 saturated heterocycles. The first-order valence-electron chi connectivity index (χ1n) is 5.76. The first-order valence-corrected chi connectivity index (χ1v) is 5.76. The smallest absolute Gasteiger partial charge is 0.481 e. The molecule has 0 aromatic carbocycles. The van der Waals surface area contributed by atoms with Crippen molar-refractivity contribution >= 4 is 11.9 Å². The van der Waals surface area contributed by atoms with E-state index in [0.717, 1.165) is 0 Å². The van der Waals surface area contributed by atoms with Gasteiger partial charge in [-0.25, -0.2) is 0 Å². The van der Waals surface area contributed by atoms with Gasteiger partial charge in [-0.2, -0.15) is 13.3 Å². The van der Waals surface area contributed by atoms with Crippen LogP contribution in [0.2, 0.25) is 0 Å². The number of hydrogen-bond acceptors (Lipinski definition) is 2. The maximum Gasteiger partial charge on any atom is 1.00 e. The average Bonchev–Trinajstić information content (AvgIpc) is 2.16. The molecule has 4 nitrogen and oxygen atoms in total. The van der Waals surface area contributed by atoms with Crippen LogP contribution in [0.5, 0.6) is 0 Å². The average molecular weight is 270 g/mol. The van der Waals surface area contributed by atoms with E-state index in [1.165, 1.54) is 38.5 Å². The summed E-state index contributed by atoms with van der Waals surface area (Å²) in [6, 6.07) is 0. The van der Waals surface area contributed by atoms with Gasteiger partial charge in [0.25, 0.3) is 0 Å². The second-order valence-electron chi connectivity index (χ2n) is 3.58. The molecule has 0 aliphatic carbocycles. The van der Waals surface area contributed by atoms with E-state index in [4.69, 9.17) is 10.2 Å². The van der Waals surface area contributed by atoms with Crippen LogP contribution < -0.4 is 51.4 Å². The van der Waals surface area contributed by atoms with Gasteiger partial charge < -0.3 is 16.6 Å². The molecule has 2 N–H and O–H groups in total. The molecule has 0 aliphatic rings. The molecule has 0 heterocycles. The van der Waals surface area contributed by atoms with E-state index in [-0.39, 0.29) is 51.4 Å². The van der Waals surface area contributed by atoms with Crippen LogP contribution in [0.25, 0.3) is 0 Å². The van der Waals surface area contributed by atoms with Crippen molar-refractivity contribution in [2.75, 3.05) is 0 Å². The van der Waals surface area contributed by atoms with Gasteiger partial charge in [-0.05, 0) is 0 Å². The van der Waals surface area contributed by atoms with E-state index in [1.54, 1.807) is 0 Å². The molecule has 0 bridgehead atoms. The molecule has 0 atom stereocenters. The zero-order chi connectivity index (χ0) is 12.8. The second kappa shape index (κ2) is 18.9. The first-order chi connectivity index (χ1) is 7.54. The molecule has 5 heteroatoms. The number of carboxylic acids is 2.